The van der Waals surface area contributed by atoms with Gasteiger partial charge in [-0.05, 0) is 44.4 Å². The van der Waals surface area contributed by atoms with Crippen molar-refractivity contribution < 1.29 is 9.53 Å². The fraction of sp³-hybridized carbons (Fsp3) is 0.562. The van der Waals surface area contributed by atoms with Gasteiger partial charge < -0.3 is 15.8 Å². The van der Waals surface area contributed by atoms with Crippen molar-refractivity contribution >= 4 is 5.91 Å². The average molecular weight is 276 g/mol. The molecule has 0 aliphatic heterocycles. The van der Waals surface area contributed by atoms with E-state index in [4.69, 9.17) is 10.5 Å². The molecular weight excluding hydrogens is 252 g/mol. The number of nitrogens with two attached hydrogens (primary N) is 1. The zero-order chi connectivity index (χ0) is 14.6. The first kappa shape index (κ1) is 14.9. The van der Waals surface area contributed by atoms with Gasteiger partial charge in [0, 0.05) is 12.6 Å². The predicted octanol–water partition coefficient (Wildman–Crippen LogP) is 2.22. The molecule has 1 aliphatic rings. The van der Waals surface area contributed by atoms with E-state index in [0.29, 0.717) is 13.2 Å². The van der Waals surface area contributed by atoms with Crippen LogP contribution in [-0.4, -0.2) is 18.6 Å². The van der Waals surface area contributed by atoms with Gasteiger partial charge >= 0.3 is 0 Å². The van der Waals surface area contributed by atoms with E-state index in [2.05, 4.69) is 5.32 Å². The molecule has 20 heavy (non-hydrogen) atoms. The van der Waals surface area contributed by atoms with Crippen LogP contribution in [0.1, 0.15) is 38.7 Å². The largest absolute Gasteiger partial charge is 0.494 e. The Hall–Kier alpha value is -1.55. The van der Waals surface area contributed by atoms with Crippen LogP contribution in [0.25, 0.3) is 0 Å². The zero-order valence-electron chi connectivity index (χ0n) is 12.3. The molecule has 1 amide bonds. The summed E-state index contributed by atoms with van der Waals surface area (Å²) in [5.74, 6) is 0.896. The molecule has 2 rings (SSSR count). The van der Waals surface area contributed by atoms with Gasteiger partial charge in [-0.1, -0.05) is 18.6 Å². The summed E-state index contributed by atoms with van der Waals surface area (Å²) in [6.07, 6.45) is 2.84. The quantitative estimate of drug-likeness (QED) is 0.866. The fourth-order valence-corrected chi connectivity index (χ4v) is 2.77. The van der Waals surface area contributed by atoms with Gasteiger partial charge in [-0.15, -0.1) is 0 Å². The molecule has 110 valence electrons. The maximum atomic E-state index is 12.3. The molecule has 4 heteroatoms. The molecule has 2 atom stereocenters. The minimum absolute atomic E-state index is 0.0303. The van der Waals surface area contributed by atoms with E-state index in [1.165, 1.54) is 0 Å². The summed E-state index contributed by atoms with van der Waals surface area (Å²) >= 11 is 0. The van der Waals surface area contributed by atoms with Crippen LogP contribution in [0.15, 0.2) is 24.3 Å². The third-order valence-electron chi connectivity index (χ3n) is 4.21. The minimum atomic E-state index is -0.419. The van der Waals surface area contributed by atoms with E-state index in [9.17, 15) is 4.79 Å². The van der Waals surface area contributed by atoms with Crippen LogP contribution >= 0.6 is 0 Å². The summed E-state index contributed by atoms with van der Waals surface area (Å²) in [6.45, 7) is 5.08. The maximum Gasteiger partial charge on any atom is 0.227 e. The maximum absolute atomic E-state index is 12.3. The molecular formula is C16H24N2O2. The highest BCUT2D eigenvalue weighted by molar-refractivity contribution is 5.83. The van der Waals surface area contributed by atoms with E-state index in [1.807, 2.05) is 38.1 Å². The summed E-state index contributed by atoms with van der Waals surface area (Å²) in [5.41, 5.74) is 6.69. The van der Waals surface area contributed by atoms with Gasteiger partial charge in [0.15, 0.2) is 0 Å². The Kier molecular flexibility index (Phi) is 4.65. The Morgan fingerprint density at radius 1 is 1.55 bits per heavy atom. The normalized spacial score (nSPS) is 25.4. The predicted molar refractivity (Wildman–Crippen MR) is 79.4 cm³/mol. The van der Waals surface area contributed by atoms with Gasteiger partial charge in [0.2, 0.25) is 5.91 Å². The first-order valence-electron chi connectivity index (χ1n) is 7.32. The van der Waals surface area contributed by atoms with E-state index < -0.39 is 5.41 Å². The highest BCUT2D eigenvalue weighted by atomic mass is 16.5. The Morgan fingerprint density at radius 2 is 2.35 bits per heavy atom. The first-order valence-corrected chi connectivity index (χ1v) is 7.32. The Labute approximate surface area is 120 Å². The van der Waals surface area contributed by atoms with Crippen LogP contribution in [-0.2, 0) is 11.3 Å². The lowest BCUT2D eigenvalue weighted by molar-refractivity contribution is -0.130. The van der Waals surface area contributed by atoms with Crippen molar-refractivity contribution in [3.63, 3.8) is 0 Å². The van der Waals surface area contributed by atoms with E-state index in [0.717, 1.165) is 30.6 Å². The molecule has 0 aromatic heterocycles. The van der Waals surface area contributed by atoms with Crippen molar-refractivity contribution in [2.45, 2.75) is 45.7 Å². The van der Waals surface area contributed by atoms with Crippen LogP contribution in [0.2, 0.25) is 0 Å². The number of carbonyl (C=O) groups excluding carboxylic acids is 1. The van der Waals surface area contributed by atoms with Gasteiger partial charge in [0.1, 0.15) is 5.75 Å². The van der Waals surface area contributed by atoms with Crippen LogP contribution in [0.5, 0.6) is 5.75 Å². The van der Waals surface area contributed by atoms with Gasteiger partial charge in [0.25, 0.3) is 0 Å². The van der Waals surface area contributed by atoms with Crippen LogP contribution in [0, 0.1) is 5.41 Å². The smallest absolute Gasteiger partial charge is 0.227 e. The van der Waals surface area contributed by atoms with Crippen molar-refractivity contribution in [1.29, 1.82) is 0 Å². The molecule has 1 fully saturated rings. The minimum Gasteiger partial charge on any atom is -0.494 e. The lowest BCUT2D eigenvalue weighted by Gasteiger charge is -2.27. The fourth-order valence-electron chi connectivity index (χ4n) is 2.77. The van der Waals surface area contributed by atoms with Crippen molar-refractivity contribution in [2.24, 2.45) is 11.1 Å². The topological polar surface area (TPSA) is 64.3 Å². The Morgan fingerprint density at radius 3 is 3.00 bits per heavy atom. The summed E-state index contributed by atoms with van der Waals surface area (Å²) in [6, 6.07) is 7.77. The second-order valence-corrected chi connectivity index (χ2v) is 5.68. The molecule has 1 aromatic carbocycles. The lowest BCUT2D eigenvalue weighted by atomic mass is 9.84. The molecule has 0 radical (unpaired) electrons. The standard InChI is InChI=1S/C16H24N2O2/c1-3-20-13-7-4-6-12(10-13)11-18-15(19)16(2)9-5-8-14(16)17/h4,6-7,10,14H,3,5,8-9,11,17H2,1-2H3,(H,18,19). The number of hydrogen-bond donors (Lipinski definition) is 2. The molecule has 0 spiro atoms. The molecule has 0 bridgehead atoms. The summed E-state index contributed by atoms with van der Waals surface area (Å²) < 4.78 is 5.46. The molecule has 3 N–H and O–H groups in total. The number of carbonyl (C=O) groups is 1. The highest BCUT2D eigenvalue weighted by Gasteiger charge is 2.42. The first-order chi connectivity index (χ1) is 9.56. The monoisotopic (exact) mass is 276 g/mol. The third kappa shape index (κ3) is 3.12. The molecule has 4 nitrogen and oxygen atoms in total. The van der Waals surface area contributed by atoms with Crippen LogP contribution in [0.3, 0.4) is 0 Å². The molecule has 0 saturated heterocycles. The summed E-state index contributed by atoms with van der Waals surface area (Å²) in [5, 5.41) is 3.01. The zero-order valence-corrected chi connectivity index (χ0v) is 12.3. The summed E-state index contributed by atoms with van der Waals surface area (Å²) in [7, 11) is 0. The second kappa shape index (κ2) is 6.27. The van der Waals surface area contributed by atoms with Gasteiger partial charge in [-0.3, -0.25) is 4.79 Å². The number of hydrogen-bond acceptors (Lipinski definition) is 3. The van der Waals surface area contributed by atoms with Crippen LogP contribution < -0.4 is 15.8 Å². The number of amides is 1. The van der Waals surface area contributed by atoms with Crippen molar-refractivity contribution in [1.82, 2.24) is 5.32 Å². The van der Waals surface area contributed by atoms with Gasteiger partial charge in [-0.25, -0.2) is 0 Å². The average Bonchev–Trinajstić information content (AvgIpc) is 2.78. The SMILES string of the molecule is CCOc1cccc(CNC(=O)C2(C)CCCC2N)c1. The molecule has 1 aromatic rings. The van der Waals surface area contributed by atoms with Gasteiger partial charge in [0.05, 0.1) is 12.0 Å². The molecule has 2 unspecified atom stereocenters. The third-order valence-corrected chi connectivity index (χ3v) is 4.21. The lowest BCUT2D eigenvalue weighted by Crippen LogP contribution is -2.47. The Bertz CT molecular complexity index is 475. The van der Waals surface area contributed by atoms with Crippen molar-refractivity contribution in [2.75, 3.05) is 6.61 Å². The second-order valence-electron chi connectivity index (χ2n) is 5.68. The van der Waals surface area contributed by atoms with Crippen LogP contribution in [0.4, 0.5) is 0 Å². The Balaban J connectivity index is 1.95. The number of nitrogens with one attached hydrogen (secondary N) is 1. The van der Waals surface area contributed by atoms with Crippen molar-refractivity contribution in [3.05, 3.63) is 29.8 Å². The number of benzene rings is 1. The highest BCUT2D eigenvalue weighted by Crippen LogP contribution is 2.36. The van der Waals surface area contributed by atoms with E-state index in [1.54, 1.807) is 0 Å². The molecule has 1 saturated carbocycles. The molecule has 0 heterocycles. The van der Waals surface area contributed by atoms with E-state index >= 15 is 0 Å². The van der Waals surface area contributed by atoms with Gasteiger partial charge in [-0.2, -0.15) is 0 Å². The van der Waals surface area contributed by atoms with E-state index in [-0.39, 0.29) is 11.9 Å². The molecule has 1 aliphatic carbocycles. The van der Waals surface area contributed by atoms with Crippen molar-refractivity contribution in [3.8, 4) is 5.75 Å². The number of rotatable bonds is 5. The summed E-state index contributed by atoms with van der Waals surface area (Å²) in [4.78, 5) is 12.3. The number of ether oxygens (including phenoxy) is 1.